The highest BCUT2D eigenvalue weighted by atomic mass is 35.5. The predicted molar refractivity (Wildman–Crippen MR) is 60.7 cm³/mol. The summed E-state index contributed by atoms with van der Waals surface area (Å²) in [7, 11) is 0. The van der Waals surface area contributed by atoms with Gasteiger partial charge in [0, 0.05) is 5.69 Å². The molecule has 96 valence electrons. The Morgan fingerprint density at radius 2 is 2.06 bits per heavy atom. The maximum Gasteiger partial charge on any atom is 0.435 e. The number of nitrogens with zero attached hydrogens (tertiary/aromatic N) is 3. The van der Waals surface area contributed by atoms with Gasteiger partial charge in [-0.15, -0.1) is 11.6 Å². The largest absolute Gasteiger partial charge is 0.435 e. The Kier molecular flexibility index (Phi) is 3.30. The fourth-order valence-electron chi connectivity index (χ4n) is 1.50. The summed E-state index contributed by atoms with van der Waals surface area (Å²) in [4.78, 5) is 4.01. The van der Waals surface area contributed by atoms with E-state index >= 15 is 0 Å². The van der Waals surface area contributed by atoms with Crippen LogP contribution in [0.25, 0.3) is 5.69 Å². The lowest BCUT2D eigenvalue weighted by Gasteiger charge is -2.04. The van der Waals surface area contributed by atoms with Gasteiger partial charge in [0.1, 0.15) is 0 Å². The van der Waals surface area contributed by atoms with Crippen LogP contribution >= 0.6 is 11.6 Å². The van der Waals surface area contributed by atoms with E-state index in [1.807, 2.05) is 0 Å². The van der Waals surface area contributed by atoms with Gasteiger partial charge in [0.25, 0.3) is 0 Å². The van der Waals surface area contributed by atoms with Gasteiger partial charge in [-0.05, 0) is 25.1 Å². The van der Waals surface area contributed by atoms with Crippen molar-refractivity contribution < 1.29 is 13.2 Å². The van der Waals surface area contributed by atoms with Crippen molar-refractivity contribution in [3.8, 4) is 5.69 Å². The molecule has 3 nitrogen and oxygen atoms in total. The molecule has 0 aliphatic rings. The lowest BCUT2D eigenvalue weighted by atomic mass is 10.3. The summed E-state index contributed by atoms with van der Waals surface area (Å²) >= 11 is 5.59. The van der Waals surface area contributed by atoms with Gasteiger partial charge >= 0.3 is 6.18 Å². The number of aryl methyl sites for hydroxylation is 1. The van der Waals surface area contributed by atoms with Crippen molar-refractivity contribution in [2.75, 3.05) is 0 Å². The zero-order valence-corrected chi connectivity index (χ0v) is 10.1. The number of hydrogen-bond donors (Lipinski definition) is 0. The summed E-state index contributed by atoms with van der Waals surface area (Å²) in [6.45, 7) is 1.55. The summed E-state index contributed by atoms with van der Waals surface area (Å²) in [6.07, 6.45) is -3.00. The first-order valence-corrected chi connectivity index (χ1v) is 5.60. The summed E-state index contributed by atoms with van der Waals surface area (Å²) < 4.78 is 38.7. The minimum Gasteiger partial charge on any atom is -0.258 e. The van der Waals surface area contributed by atoms with Gasteiger partial charge in [0.2, 0.25) is 0 Å². The van der Waals surface area contributed by atoms with Crippen molar-refractivity contribution >= 4 is 11.6 Å². The number of halogens is 4. The van der Waals surface area contributed by atoms with E-state index in [1.165, 1.54) is 10.9 Å². The van der Waals surface area contributed by atoms with Crippen LogP contribution in [0.2, 0.25) is 0 Å². The molecule has 2 aromatic heterocycles. The molecule has 0 aliphatic carbocycles. The summed E-state index contributed by atoms with van der Waals surface area (Å²) in [6, 6.07) is 4.27. The molecule has 0 N–H and O–H groups in total. The Morgan fingerprint density at radius 1 is 1.33 bits per heavy atom. The zero-order chi connectivity index (χ0) is 13.3. The van der Waals surface area contributed by atoms with Gasteiger partial charge in [-0.1, -0.05) is 0 Å². The number of rotatable bonds is 2. The van der Waals surface area contributed by atoms with E-state index in [2.05, 4.69) is 10.1 Å². The van der Waals surface area contributed by atoms with Gasteiger partial charge in [-0.3, -0.25) is 4.98 Å². The summed E-state index contributed by atoms with van der Waals surface area (Å²) in [5, 5.41) is 3.53. The van der Waals surface area contributed by atoms with Crippen molar-refractivity contribution in [2.45, 2.75) is 19.0 Å². The van der Waals surface area contributed by atoms with Crippen LogP contribution in [-0.2, 0) is 12.1 Å². The van der Waals surface area contributed by atoms with E-state index in [0.29, 0.717) is 17.1 Å². The van der Waals surface area contributed by atoms with Crippen LogP contribution in [-0.4, -0.2) is 14.8 Å². The minimum absolute atomic E-state index is 0.256. The van der Waals surface area contributed by atoms with Crippen LogP contribution in [0.3, 0.4) is 0 Å². The molecule has 2 heterocycles. The molecule has 18 heavy (non-hydrogen) atoms. The topological polar surface area (TPSA) is 30.7 Å². The van der Waals surface area contributed by atoms with Crippen LogP contribution in [0.1, 0.15) is 17.1 Å². The van der Waals surface area contributed by atoms with Gasteiger partial charge in [-0.25, -0.2) is 4.68 Å². The molecule has 0 spiro atoms. The molecule has 0 saturated heterocycles. The smallest absolute Gasteiger partial charge is 0.258 e. The Morgan fingerprint density at radius 3 is 2.50 bits per heavy atom. The normalized spacial score (nSPS) is 11.8. The third-order valence-electron chi connectivity index (χ3n) is 2.37. The van der Waals surface area contributed by atoms with Crippen molar-refractivity contribution in [3.63, 3.8) is 0 Å². The SMILES string of the molecule is Cc1cc(C(F)(F)F)nn1-c1ccc(CCl)nc1. The number of aromatic nitrogens is 3. The fraction of sp³-hybridized carbons (Fsp3) is 0.273. The third-order valence-corrected chi connectivity index (χ3v) is 2.64. The molecule has 0 radical (unpaired) electrons. The van der Waals surface area contributed by atoms with Gasteiger partial charge in [-0.2, -0.15) is 18.3 Å². The summed E-state index contributed by atoms with van der Waals surface area (Å²) in [5.74, 6) is 0.256. The van der Waals surface area contributed by atoms with Crippen molar-refractivity contribution in [1.29, 1.82) is 0 Å². The van der Waals surface area contributed by atoms with Crippen LogP contribution in [0.5, 0.6) is 0 Å². The molecule has 2 rings (SSSR count). The highest BCUT2D eigenvalue weighted by Crippen LogP contribution is 2.29. The Bertz CT molecular complexity index is 546. The maximum absolute atomic E-state index is 12.5. The molecule has 0 bridgehead atoms. The van der Waals surface area contributed by atoms with Crippen LogP contribution in [0.4, 0.5) is 13.2 Å². The van der Waals surface area contributed by atoms with E-state index < -0.39 is 11.9 Å². The third kappa shape index (κ3) is 2.48. The fourth-order valence-corrected chi connectivity index (χ4v) is 1.65. The average molecular weight is 276 g/mol. The first kappa shape index (κ1) is 12.9. The lowest BCUT2D eigenvalue weighted by molar-refractivity contribution is -0.141. The van der Waals surface area contributed by atoms with Gasteiger partial charge < -0.3 is 0 Å². The van der Waals surface area contributed by atoms with E-state index in [-0.39, 0.29) is 5.88 Å². The zero-order valence-electron chi connectivity index (χ0n) is 9.37. The van der Waals surface area contributed by atoms with E-state index in [9.17, 15) is 13.2 Å². The predicted octanol–water partition coefficient (Wildman–Crippen LogP) is 3.33. The molecule has 7 heteroatoms. The van der Waals surface area contributed by atoms with Crippen LogP contribution < -0.4 is 0 Å². The molecular formula is C11H9ClF3N3. The summed E-state index contributed by atoms with van der Waals surface area (Å²) in [5.41, 5.74) is 0.599. The molecule has 0 saturated carbocycles. The second-order valence-corrected chi connectivity index (χ2v) is 3.99. The molecule has 0 fully saturated rings. The quantitative estimate of drug-likeness (QED) is 0.787. The molecule has 0 amide bonds. The number of hydrogen-bond acceptors (Lipinski definition) is 2. The first-order valence-electron chi connectivity index (χ1n) is 5.07. The molecule has 0 atom stereocenters. The van der Waals surface area contributed by atoms with Crippen molar-refractivity contribution in [1.82, 2.24) is 14.8 Å². The Hall–Kier alpha value is -1.56. The molecule has 2 aromatic rings. The van der Waals surface area contributed by atoms with E-state index in [4.69, 9.17) is 11.6 Å². The van der Waals surface area contributed by atoms with Crippen LogP contribution in [0, 0.1) is 6.92 Å². The number of pyridine rings is 1. The van der Waals surface area contributed by atoms with Gasteiger partial charge in [0.15, 0.2) is 5.69 Å². The lowest BCUT2D eigenvalue weighted by Crippen LogP contribution is -2.07. The molecule has 0 unspecified atom stereocenters. The first-order chi connectivity index (χ1) is 8.41. The minimum atomic E-state index is -4.44. The second-order valence-electron chi connectivity index (χ2n) is 3.72. The molecule has 0 aliphatic heterocycles. The maximum atomic E-state index is 12.5. The Labute approximate surface area is 106 Å². The second kappa shape index (κ2) is 4.61. The monoisotopic (exact) mass is 275 g/mol. The van der Waals surface area contributed by atoms with Crippen molar-refractivity contribution in [3.05, 3.63) is 41.5 Å². The average Bonchev–Trinajstić information content (AvgIpc) is 2.71. The van der Waals surface area contributed by atoms with Crippen LogP contribution in [0.15, 0.2) is 24.4 Å². The number of alkyl halides is 4. The van der Waals surface area contributed by atoms with E-state index in [1.54, 1.807) is 19.1 Å². The van der Waals surface area contributed by atoms with Crippen molar-refractivity contribution in [2.24, 2.45) is 0 Å². The highest BCUT2D eigenvalue weighted by molar-refractivity contribution is 6.16. The standard InChI is InChI=1S/C11H9ClF3N3/c1-7-4-10(11(13,14)15)17-18(7)9-3-2-8(5-12)16-6-9/h2-4,6H,5H2,1H3. The molecular weight excluding hydrogens is 267 g/mol. The van der Waals surface area contributed by atoms with E-state index in [0.717, 1.165) is 6.07 Å². The Balaban J connectivity index is 2.41. The highest BCUT2D eigenvalue weighted by Gasteiger charge is 2.34. The van der Waals surface area contributed by atoms with Gasteiger partial charge in [0.05, 0.1) is 23.5 Å². The molecule has 0 aromatic carbocycles.